The first-order valence-corrected chi connectivity index (χ1v) is 5.12. The molecule has 86 valence electrons. The van der Waals surface area contributed by atoms with Gasteiger partial charge in [-0.25, -0.2) is 0 Å². The molecular formula is C13H11NO3. The lowest BCUT2D eigenvalue weighted by atomic mass is 10.2. The van der Waals surface area contributed by atoms with E-state index in [1.54, 1.807) is 0 Å². The van der Waals surface area contributed by atoms with Crippen molar-refractivity contribution in [3.63, 3.8) is 0 Å². The fourth-order valence-corrected chi connectivity index (χ4v) is 1.43. The van der Waals surface area contributed by atoms with Crippen LogP contribution in [0.2, 0.25) is 0 Å². The zero-order chi connectivity index (χ0) is 12.1. The Morgan fingerprint density at radius 3 is 2.59 bits per heavy atom. The van der Waals surface area contributed by atoms with Gasteiger partial charge in [0.1, 0.15) is 18.0 Å². The third kappa shape index (κ3) is 2.81. The molecule has 0 fully saturated rings. The Bertz CT molecular complexity index is 511. The summed E-state index contributed by atoms with van der Waals surface area (Å²) in [6, 6.07) is 13.7. The van der Waals surface area contributed by atoms with Crippen LogP contribution in [0.15, 0.2) is 53.7 Å². The molecule has 0 radical (unpaired) electrons. The number of rotatable bonds is 4. The Morgan fingerprint density at radius 1 is 1.12 bits per heavy atom. The molecule has 0 saturated carbocycles. The first-order valence-electron chi connectivity index (χ1n) is 5.12. The van der Waals surface area contributed by atoms with Crippen molar-refractivity contribution in [1.82, 2.24) is 0 Å². The van der Waals surface area contributed by atoms with Gasteiger partial charge in [0.15, 0.2) is 5.75 Å². The van der Waals surface area contributed by atoms with E-state index in [0.29, 0.717) is 6.61 Å². The Hall–Kier alpha value is -2.36. The van der Waals surface area contributed by atoms with Crippen molar-refractivity contribution in [3.8, 4) is 11.5 Å². The van der Waals surface area contributed by atoms with E-state index in [-0.39, 0.29) is 17.2 Å². The van der Waals surface area contributed by atoms with Gasteiger partial charge >= 0.3 is 0 Å². The maximum absolute atomic E-state index is 10.5. The average molecular weight is 229 g/mol. The Labute approximate surface area is 98.5 Å². The van der Waals surface area contributed by atoms with Crippen LogP contribution in [-0.4, -0.2) is 5.11 Å². The number of phenols is 1. The van der Waals surface area contributed by atoms with Crippen molar-refractivity contribution in [1.29, 1.82) is 0 Å². The molecule has 4 heteroatoms. The van der Waals surface area contributed by atoms with Crippen molar-refractivity contribution in [2.75, 3.05) is 0 Å². The summed E-state index contributed by atoms with van der Waals surface area (Å²) in [6.07, 6.45) is 0. The quantitative estimate of drug-likeness (QED) is 0.817. The normalized spacial score (nSPS) is 9.88. The molecule has 0 saturated heterocycles. The van der Waals surface area contributed by atoms with Gasteiger partial charge in [0.25, 0.3) is 0 Å². The molecule has 0 bridgehead atoms. The average Bonchev–Trinajstić information content (AvgIpc) is 2.38. The number of hydrogen-bond acceptors (Lipinski definition) is 4. The zero-order valence-electron chi connectivity index (χ0n) is 9.04. The van der Waals surface area contributed by atoms with Crippen molar-refractivity contribution in [3.05, 3.63) is 59.0 Å². The lowest BCUT2D eigenvalue weighted by molar-refractivity contribution is 0.305. The van der Waals surface area contributed by atoms with Gasteiger partial charge in [-0.15, -0.1) is 4.91 Å². The van der Waals surface area contributed by atoms with Gasteiger partial charge in [-0.2, -0.15) is 0 Å². The molecule has 0 aliphatic carbocycles. The van der Waals surface area contributed by atoms with Crippen LogP contribution in [0, 0.1) is 4.91 Å². The predicted molar refractivity (Wildman–Crippen MR) is 64.3 cm³/mol. The predicted octanol–water partition coefficient (Wildman–Crippen LogP) is 3.37. The number of hydrogen-bond donors (Lipinski definition) is 1. The summed E-state index contributed by atoms with van der Waals surface area (Å²) in [5.41, 5.74) is 1.16. The molecule has 2 aromatic rings. The van der Waals surface area contributed by atoms with Crippen molar-refractivity contribution >= 4 is 5.69 Å². The summed E-state index contributed by atoms with van der Waals surface area (Å²) >= 11 is 0. The van der Waals surface area contributed by atoms with E-state index >= 15 is 0 Å². The Kier molecular flexibility index (Phi) is 3.35. The lowest BCUT2D eigenvalue weighted by Gasteiger charge is -2.07. The van der Waals surface area contributed by atoms with Crippen LogP contribution < -0.4 is 4.74 Å². The maximum Gasteiger partial charge on any atom is 0.152 e. The fraction of sp³-hybridized carbons (Fsp3) is 0.0769. The number of benzene rings is 2. The molecular weight excluding hydrogens is 218 g/mol. The summed E-state index contributed by atoms with van der Waals surface area (Å²) in [5, 5.41) is 12.1. The molecule has 0 heterocycles. The van der Waals surface area contributed by atoms with Gasteiger partial charge < -0.3 is 9.84 Å². The van der Waals surface area contributed by atoms with Gasteiger partial charge in [0.05, 0.1) is 0 Å². The van der Waals surface area contributed by atoms with Crippen molar-refractivity contribution in [2.24, 2.45) is 5.18 Å². The molecule has 0 aliphatic rings. The van der Waals surface area contributed by atoms with E-state index in [0.717, 1.165) is 5.56 Å². The first kappa shape index (κ1) is 11.1. The number of ether oxygens (including phenoxy) is 1. The second-order valence-corrected chi connectivity index (χ2v) is 3.52. The third-order valence-electron chi connectivity index (χ3n) is 2.28. The SMILES string of the molecule is O=Nc1ccc(O)cc1OCc1ccccc1. The number of nitrogens with zero attached hydrogens (tertiary/aromatic N) is 1. The van der Waals surface area contributed by atoms with E-state index in [1.807, 2.05) is 30.3 Å². The van der Waals surface area contributed by atoms with E-state index in [9.17, 15) is 10.0 Å². The van der Waals surface area contributed by atoms with Gasteiger partial charge in [-0.05, 0) is 22.9 Å². The lowest BCUT2D eigenvalue weighted by Crippen LogP contribution is -1.95. The fourth-order valence-electron chi connectivity index (χ4n) is 1.43. The molecule has 2 rings (SSSR count). The Balaban J connectivity index is 2.13. The van der Waals surface area contributed by atoms with E-state index in [1.165, 1.54) is 18.2 Å². The highest BCUT2D eigenvalue weighted by Crippen LogP contribution is 2.31. The highest BCUT2D eigenvalue weighted by Gasteiger charge is 2.05. The van der Waals surface area contributed by atoms with Crippen molar-refractivity contribution in [2.45, 2.75) is 6.61 Å². The molecule has 1 N–H and O–H groups in total. The second kappa shape index (κ2) is 5.12. The van der Waals surface area contributed by atoms with E-state index < -0.39 is 0 Å². The standard InChI is InChI=1S/C13H11NO3/c15-11-6-7-12(14-16)13(8-11)17-9-10-4-2-1-3-5-10/h1-8,15H,9H2. The second-order valence-electron chi connectivity index (χ2n) is 3.52. The van der Waals surface area contributed by atoms with Crippen LogP contribution >= 0.6 is 0 Å². The third-order valence-corrected chi connectivity index (χ3v) is 2.28. The monoisotopic (exact) mass is 229 g/mol. The minimum Gasteiger partial charge on any atom is -0.508 e. The molecule has 0 unspecified atom stereocenters. The molecule has 0 aliphatic heterocycles. The molecule has 2 aromatic carbocycles. The molecule has 0 atom stereocenters. The van der Waals surface area contributed by atoms with Crippen LogP contribution in [0.3, 0.4) is 0 Å². The highest BCUT2D eigenvalue weighted by molar-refractivity contribution is 5.54. The first-order chi connectivity index (χ1) is 8.29. The van der Waals surface area contributed by atoms with Crippen LogP contribution in [0.5, 0.6) is 11.5 Å². The Morgan fingerprint density at radius 2 is 1.88 bits per heavy atom. The van der Waals surface area contributed by atoms with Gasteiger partial charge in [0, 0.05) is 6.07 Å². The van der Waals surface area contributed by atoms with Gasteiger partial charge in [0.2, 0.25) is 0 Å². The smallest absolute Gasteiger partial charge is 0.152 e. The van der Waals surface area contributed by atoms with E-state index in [4.69, 9.17) is 4.74 Å². The van der Waals surface area contributed by atoms with Gasteiger partial charge in [-0.3, -0.25) is 0 Å². The van der Waals surface area contributed by atoms with Crippen molar-refractivity contribution < 1.29 is 9.84 Å². The summed E-state index contributed by atoms with van der Waals surface area (Å²) in [7, 11) is 0. The molecule has 17 heavy (non-hydrogen) atoms. The maximum atomic E-state index is 10.5. The highest BCUT2D eigenvalue weighted by atomic mass is 16.5. The molecule has 0 aromatic heterocycles. The molecule has 0 amide bonds. The zero-order valence-corrected chi connectivity index (χ0v) is 9.04. The minimum atomic E-state index is 0.0421. The number of nitroso groups, excluding NO2 is 1. The van der Waals surface area contributed by atoms with Crippen LogP contribution in [0.1, 0.15) is 5.56 Å². The van der Waals surface area contributed by atoms with Crippen LogP contribution in [-0.2, 0) is 6.61 Å². The van der Waals surface area contributed by atoms with Crippen LogP contribution in [0.4, 0.5) is 5.69 Å². The largest absolute Gasteiger partial charge is 0.508 e. The minimum absolute atomic E-state index is 0.0421. The summed E-state index contributed by atoms with van der Waals surface area (Å²) in [4.78, 5) is 10.5. The molecule has 0 spiro atoms. The van der Waals surface area contributed by atoms with E-state index in [2.05, 4.69) is 5.18 Å². The molecule has 4 nitrogen and oxygen atoms in total. The topological polar surface area (TPSA) is 58.9 Å². The summed E-state index contributed by atoms with van der Waals surface area (Å²) in [6.45, 7) is 0.326. The summed E-state index contributed by atoms with van der Waals surface area (Å²) < 4.78 is 5.44. The van der Waals surface area contributed by atoms with Gasteiger partial charge in [-0.1, -0.05) is 30.3 Å². The number of phenolic OH excluding ortho intramolecular Hbond substituents is 1. The summed E-state index contributed by atoms with van der Waals surface area (Å²) in [5.74, 6) is 0.323. The van der Waals surface area contributed by atoms with Crippen LogP contribution in [0.25, 0.3) is 0 Å². The number of aromatic hydroxyl groups is 1.